The van der Waals surface area contributed by atoms with E-state index in [1.54, 1.807) is 14.2 Å². The van der Waals surface area contributed by atoms with Crippen LogP contribution in [0.2, 0.25) is 0 Å². The molecule has 0 spiro atoms. The van der Waals surface area contributed by atoms with Crippen molar-refractivity contribution in [2.75, 3.05) is 14.2 Å². The molecular weight excluding hydrogens is 987 g/mol. The van der Waals surface area contributed by atoms with Crippen molar-refractivity contribution in [3.63, 3.8) is 0 Å². The highest BCUT2D eigenvalue weighted by molar-refractivity contribution is 7.95. The van der Waals surface area contributed by atoms with Gasteiger partial charge in [0.1, 0.15) is 65.2 Å². The minimum Gasteiger partial charge on any atom is -0.860 e. The second kappa shape index (κ2) is 25.2. The number of hydrogen-bond acceptors (Lipinski definition) is 5. The lowest BCUT2D eigenvalue weighted by atomic mass is 10.1. The number of halogens is 6. The summed E-state index contributed by atoms with van der Waals surface area (Å²) in [6.45, 7) is 0. The van der Waals surface area contributed by atoms with Crippen LogP contribution in [-0.2, 0) is 24.7 Å². The van der Waals surface area contributed by atoms with Crippen molar-refractivity contribution in [3.8, 4) is 17.2 Å². The maximum Gasteiger partial charge on any atom is 0.416 e. The summed E-state index contributed by atoms with van der Waals surface area (Å²) in [5.74, 6) is 0.738. The smallest absolute Gasteiger partial charge is 0.416 e. The van der Waals surface area contributed by atoms with Gasteiger partial charge in [0.05, 0.1) is 43.4 Å². The highest BCUT2D eigenvalue weighted by Gasteiger charge is 2.47. The monoisotopic (exact) mass is 1040 g/mol. The fraction of sp³-hybridized carbons (Fsp3) is 0.100. The average molecular weight is 1040 g/mol. The third-order valence-corrected chi connectivity index (χ3v) is 20.8. The molecule has 9 rings (SSSR count). The Hall–Kier alpha value is -7.20. The molecule has 9 aromatic carbocycles. The lowest BCUT2D eigenvalue weighted by Crippen LogP contribution is -2.50. The van der Waals surface area contributed by atoms with Gasteiger partial charge in [0, 0.05) is 0 Å². The van der Waals surface area contributed by atoms with E-state index in [0.29, 0.717) is 0 Å². The van der Waals surface area contributed by atoms with Crippen LogP contribution in [-0.4, -0.2) is 21.5 Å². The molecule has 0 N–H and O–H groups in total. The predicted molar refractivity (Wildman–Crippen MR) is 287 cm³/mol. The van der Waals surface area contributed by atoms with E-state index in [4.69, 9.17) is 9.47 Å². The molecule has 0 radical (unpaired) electrons. The van der Waals surface area contributed by atoms with Crippen LogP contribution in [0.3, 0.4) is 0 Å². The van der Waals surface area contributed by atoms with E-state index < -0.39 is 51.1 Å². The van der Waals surface area contributed by atoms with Crippen LogP contribution in [0.15, 0.2) is 249 Å². The summed E-state index contributed by atoms with van der Waals surface area (Å²) >= 11 is 0. The van der Waals surface area contributed by atoms with Crippen molar-refractivity contribution in [3.05, 3.63) is 271 Å². The van der Waals surface area contributed by atoms with Gasteiger partial charge in [-0.25, -0.2) is 0 Å². The van der Waals surface area contributed by atoms with E-state index in [-0.39, 0.29) is 18.2 Å². The minimum absolute atomic E-state index is 0.141. The van der Waals surface area contributed by atoms with Gasteiger partial charge in [-0.15, -0.1) is 0 Å². The summed E-state index contributed by atoms with van der Waals surface area (Å²) < 4.78 is 88.5. The minimum atomic E-state index is -5.05. The van der Waals surface area contributed by atoms with Crippen molar-refractivity contribution in [1.29, 1.82) is 0 Å². The number of rotatable bonds is 14. The molecule has 0 aromatic heterocycles. The Kier molecular flexibility index (Phi) is 18.6. The van der Waals surface area contributed by atoms with Gasteiger partial charge < -0.3 is 24.2 Å². The number of hydrogen-bond donors (Lipinski definition) is 0. The second-order valence-electron chi connectivity index (χ2n) is 16.8. The zero-order valence-electron chi connectivity index (χ0n) is 40.4. The van der Waals surface area contributed by atoms with Crippen LogP contribution >= 0.6 is 14.5 Å². The van der Waals surface area contributed by atoms with E-state index in [1.807, 2.05) is 12.1 Å². The van der Waals surface area contributed by atoms with Crippen LogP contribution < -0.4 is 56.0 Å². The topological polar surface area (TPSA) is 73.8 Å². The summed E-state index contributed by atoms with van der Waals surface area (Å²) in [6, 6.07) is 83.0. The fourth-order valence-corrected chi connectivity index (χ4v) is 17.2. The van der Waals surface area contributed by atoms with Gasteiger partial charge in [0.15, 0.2) is 0 Å². The molecule has 0 bridgehead atoms. The fourth-order valence-electron chi connectivity index (χ4n) is 8.73. The van der Waals surface area contributed by atoms with Gasteiger partial charge in [0.2, 0.25) is 0 Å². The van der Waals surface area contributed by atoms with Crippen molar-refractivity contribution < 1.29 is 50.5 Å². The van der Waals surface area contributed by atoms with Gasteiger partial charge in [-0.05, 0) is 126 Å². The van der Waals surface area contributed by atoms with Crippen molar-refractivity contribution >= 4 is 53.7 Å². The highest BCUT2D eigenvalue weighted by atomic mass is 31.2. The van der Waals surface area contributed by atoms with Crippen LogP contribution in [0.25, 0.3) is 0 Å². The van der Waals surface area contributed by atoms with Gasteiger partial charge in [0.25, 0.3) is 0 Å². The molecule has 376 valence electrons. The molecule has 0 amide bonds. The van der Waals surface area contributed by atoms with E-state index >= 15 is 0 Å². The first-order valence-corrected chi connectivity index (χ1v) is 27.2. The summed E-state index contributed by atoms with van der Waals surface area (Å²) in [6.07, 6.45) is -8.19. The highest BCUT2D eigenvalue weighted by Crippen LogP contribution is 2.59. The Labute approximate surface area is 429 Å². The van der Waals surface area contributed by atoms with Crippen LogP contribution in [0.5, 0.6) is 17.2 Å². The van der Waals surface area contributed by atoms with E-state index in [1.165, 1.54) is 43.0 Å². The molecule has 14 heteroatoms. The van der Waals surface area contributed by atoms with Crippen LogP contribution in [0, 0.1) is 0 Å². The Morgan fingerprint density at radius 3 is 0.851 bits per heavy atom. The molecule has 0 saturated heterocycles. The summed E-state index contributed by atoms with van der Waals surface area (Å²) in [5, 5.41) is 28.5. The first kappa shape index (κ1) is 54.6. The summed E-state index contributed by atoms with van der Waals surface area (Å²) in [7, 11) is -3.28. The molecule has 9 aromatic rings. The Morgan fingerprint density at radius 1 is 0.351 bits per heavy atom. The molecule has 0 aliphatic rings. The lowest BCUT2D eigenvalue weighted by Gasteiger charge is -2.28. The molecule has 0 saturated carbocycles. The molecule has 5 nitrogen and oxygen atoms in total. The van der Waals surface area contributed by atoms with Gasteiger partial charge in [-0.1, -0.05) is 133 Å². The Balaban J connectivity index is 0.000000167. The standard InChI is InChI=1S/2C26H24OP.C8H3BF6O3/c2*1-27-23-13-11-12-22(20-23)21-28(24-14-5-2-6-15-24,25-16-7-3-8-17-25)26-18-9-4-10-19-26;10-7(11,12)4-1-5(8(13,14)15)3-6(2-4)18-9(16)17/h2*2-20H,21H2,1H3;1-3H/q2*+1;-2. The molecule has 0 heterocycles. The van der Waals surface area contributed by atoms with E-state index in [2.05, 4.69) is 223 Å². The molecule has 0 atom stereocenters. The molecule has 0 aliphatic carbocycles. The van der Waals surface area contributed by atoms with E-state index in [9.17, 15) is 36.4 Å². The normalized spacial score (nSPS) is 11.5. The number of benzene rings is 9. The Morgan fingerprint density at radius 2 is 0.622 bits per heavy atom. The maximum absolute atomic E-state index is 12.3. The first-order valence-electron chi connectivity index (χ1n) is 23.3. The third-order valence-electron chi connectivity index (χ3n) is 12.1. The quantitative estimate of drug-likeness (QED) is 0.0616. The summed E-state index contributed by atoms with van der Waals surface area (Å²) in [4.78, 5) is 0. The van der Waals surface area contributed by atoms with Gasteiger partial charge in [-0.3, -0.25) is 0 Å². The summed E-state index contributed by atoms with van der Waals surface area (Å²) in [5.41, 5.74) is -0.727. The number of ether oxygens (including phenoxy) is 2. The molecule has 74 heavy (non-hydrogen) atoms. The number of methoxy groups -OCH3 is 2. The lowest BCUT2D eigenvalue weighted by molar-refractivity contribution is -0.372. The first-order chi connectivity index (χ1) is 35.6. The van der Waals surface area contributed by atoms with Crippen molar-refractivity contribution in [2.24, 2.45) is 0 Å². The van der Waals surface area contributed by atoms with Crippen molar-refractivity contribution in [2.45, 2.75) is 24.7 Å². The average Bonchev–Trinajstić information content (AvgIpc) is 3.43. The number of alkyl halides is 6. The second-order valence-corrected chi connectivity index (χ2v) is 23.8. The molecule has 0 aliphatic heterocycles. The SMILES string of the molecule is COc1cccc(C[P+](c2ccccc2)(c2ccccc2)c2ccccc2)c1.COc1cccc(C[P+](c2ccccc2)(c2ccccc2)c2ccccc2)c1.[O-]B([O-])Oc1cc(C(F)(F)F)cc(C(F)(F)F)c1. The maximum atomic E-state index is 12.3. The van der Waals surface area contributed by atoms with Gasteiger partial charge in [-0.2, -0.15) is 26.3 Å². The third kappa shape index (κ3) is 13.7. The zero-order valence-corrected chi connectivity index (χ0v) is 42.2. The van der Waals surface area contributed by atoms with Crippen LogP contribution in [0.1, 0.15) is 22.3 Å². The zero-order chi connectivity index (χ0) is 52.6. The molecule has 0 unspecified atom stereocenters. The Bertz CT molecular complexity index is 2720. The van der Waals surface area contributed by atoms with Gasteiger partial charge >= 0.3 is 12.4 Å². The predicted octanol–water partition coefficient (Wildman–Crippen LogP) is 11.2. The molecule has 0 fully saturated rings. The van der Waals surface area contributed by atoms with Crippen molar-refractivity contribution in [1.82, 2.24) is 0 Å². The van der Waals surface area contributed by atoms with E-state index in [0.717, 1.165) is 23.8 Å². The molecular formula is C60H51BF6O5P2. The largest absolute Gasteiger partial charge is 0.860 e. The van der Waals surface area contributed by atoms with Crippen LogP contribution in [0.4, 0.5) is 26.3 Å².